The highest BCUT2D eigenvalue weighted by molar-refractivity contribution is 14.2. The maximum Gasteiger partial charge on any atom is 0.475 e. The van der Waals surface area contributed by atoms with E-state index in [1.165, 1.54) is 0 Å². The minimum atomic E-state index is -1.17. The van der Waals surface area contributed by atoms with Crippen LogP contribution in [0.2, 0.25) is 0 Å². The van der Waals surface area contributed by atoms with Gasteiger partial charge in [-0.15, -0.1) is 0 Å². The van der Waals surface area contributed by atoms with Gasteiger partial charge in [-0.3, -0.25) is 0 Å². The van der Waals surface area contributed by atoms with Crippen LogP contribution in [-0.2, 0) is 0 Å². The zero-order valence-electron chi connectivity index (χ0n) is 8.70. The third-order valence-corrected chi connectivity index (χ3v) is 3.01. The predicted molar refractivity (Wildman–Crippen MR) is 74.6 cm³/mol. The molecule has 0 aromatic carbocycles. The van der Waals surface area contributed by atoms with Gasteiger partial charge in [0.15, 0.2) is 0 Å². The average molecular weight is 430 g/mol. The highest BCUT2D eigenvalue weighted by Crippen LogP contribution is 2.19. The van der Waals surface area contributed by atoms with Crippen molar-refractivity contribution in [2.24, 2.45) is 0 Å². The van der Waals surface area contributed by atoms with Crippen LogP contribution in [0.3, 0.4) is 0 Å². The lowest BCUT2D eigenvalue weighted by Crippen LogP contribution is -2.44. The first kappa shape index (κ1) is 17.8. The molecule has 4 nitrogen and oxygen atoms in total. The van der Waals surface area contributed by atoms with E-state index < -0.39 is 18.3 Å². The molecule has 0 aromatic heterocycles. The molecule has 0 spiro atoms. The van der Waals surface area contributed by atoms with Gasteiger partial charge in [0.2, 0.25) is 0 Å². The Hall–Kier alpha value is 1.36. The molecular weight excluding hydrogens is 413 g/mol. The second-order valence-electron chi connectivity index (χ2n) is 3.87. The molecule has 7 heteroatoms. The summed E-state index contributed by atoms with van der Waals surface area (Å²) in [7, 11) is -1.17. The minimum absolute atomic E-state index is 0.0970. The number of hydrogen-bond donors (Lipinski definition) is 4. The van der Waals surface area contributed by atoms with Crippen LogP contribution in [-0.4, -0.2) is 40.4 Å². The third-order valence-electron chi connectivity index (χ3n) is 1.72. The summed E-state index contributed by atoms with van der Waals surface area (Å²) < 4.78 is -0.0970. The van der Waals surface area contributed by atoms with Gasteiger partial charge in [-0.05, 0) is 27.7 Å². The Morgan fingerprint density at radius 1 is 0.929 bits per heavy atom. The highest BCUT2D eigenvalue weighted by Gasteiger charge is 2.31. The van der Waals surface area contributed by atoms with Gasteiger partial charge in [0.25, 0.3) is 0 Å². The smallest absolute Gasteiger partial charge is 0.426 e. The second-order valence-corrected chi connectivity index (χ2v) is 8.93. The molecule has 0 aliphatic heterocycles. The zero-order valence-corrected chi connectivity index (χ0v) is 13.0. The first-order chi connectivity index (χ1) is 5.89. The van der Waals surface area contributed by atoms with Crippen molar-refractivity contribution in [2.45, 2.75) is 40.7 Å². The average Bonchev–Trinajstić information content (AvgIpc) is 1.83. The Balaban J connectivity index is 0. The molecule has 0 unspecified atom stereocenters. The Bertz CT molecular complexity index is 133. The molecule has 0 atom stereocenters. The van der Waals surface area contributed by atoms with Gasteiger partial charge >= 0.3 is 7.12 Å². The lowest BCUT2D eigenvalue weighted by atomic mass is 9.90. The maximum atomic E-state index is 9.10. The van der Waals surface area contributed by atoms with Crippen molar-refractivity contribution in [1.29, 1.82) is 0 Å². The van der Waals surface area contributed by atoms with Crippen LogP contribution in [0, 0.1) is 0 Å². The summed E-state index contributed by atoms with van der Waals surface area (Å²) in [6.45, 7) is 6.31. The number of aliphatic hydroxyl groups is 2. The largest absolute Gasteiger partial charge is 0.475 e. The van der Waals surface area contributed by atoms with Crippen molar-refractivity contribution in [1.82, 2.24) is 0 Å². The molecular formula is C7H17BI2O4. The summed E-state index contributed by atoms with van der Waals surface area (Å²) in [6, 6.07) is 0. The van der Waals surface area contributed by atoms with Gasteiger partial charge in [-0.1, -0.05) is 45.2 Å². The molecule has 14 heavy (non-hydrogen) atoms. The lowest BCUT2D eigenvalue weighted by Gasteiger charge is -2.31. The molecule has 0 fully saturated rings. The van der Waals surface area contributed by atoms with E-state index in [0.717, 1.165) is 0 Å². The van der Waals surface area contributed by atoms with E-state index in [1.807, 2.05) is 45.2 Å². The molecule has 0 aliphatic carbocycles. The number of hydrogen-bond acceptors (Lipinski definition) is 4. The fourth-order valence-corrected chi connectivity index (χ4v) is 0. The molecule has 86 valence electrons. The van der Waals surface area contributed by atoms with Crippen LogP contribution in [0.4, 0.5) is 0 Å². The predicted octanol–water partition coefficient (Wildman–Crippen LogP) is 0.723. The van der Waals surface area contributed by atoms with Crippen molar-refractivity contribution in [3.8, 4) is 0 Å². The number of halogens is 2. The Labute approximate surface area is 113 Å². The summed E-state index contributed by atoms with van der Waals surface area (Å²) >= 11 is 3.84. The van der Waals surface area contributed by atoms with Gasteiger partial charge in [-0.2, -0.15) is 0 Å². The molecule has 0 bridgehead atoms. The van der Waals surface area contributed by atoms with E-state index in [-0.39, 0.29) is 1.83 Å². The van der Waals surface area contributed by atoms with E-state index in [0.29, 0.717) is 0 Å². The Morgan fingerprint density at radius 2 is 1.07 bits per heavy atom. The van der Waals surface area contributed by atoms with Crippen LogP contribution < -0.4 is 0 Å². The first-order valence-electron chi connectivity index (χ1n) is 3.98. The topological polar surface area (TPSA) is 80.9 Å². The summed E-state index contributed by atoms with van der Waals surface area (Å²) in [4.78, 5) is 0. The van der Waals surface area contributed by atoms with Crippen molar-refractivity contribution in [3.05, 3.63) is 0 Å². The summed E-state index contributed by atoms with van der Waals surface area (Å²) in [6.07, 6.45) is 0. The van der Waals surface area contributed by atoms with E-state index in [9.17, 15) is 0 Å². The SMILES string of the molecule is CC(C)(O)C(C)(C)O.OB(O)C(I)I. The summed E-state index contributed by atoms with van der Waals surface area (Å²) in [5, 5.41) is 34.5. The second kappa shape index (κ2) is 6.84. The molecule has 0 saturated carbocycles. The molecule has 0 radical (unpaired) electrons. The van der Waals surface area contributed by atoms with Crippen LogP contribution in [0.25, 0.3) is 0 Å². The fourth-order valence-electron chi connectivity index (χ4n) is 0. The fraction of sp³-hybridized carbons (Fsp3) is 1.00. The van der Waals surface area contributed by atoms with Gasteiger partial charge < -0.3 is 20.3 Å². The summed E-state index contributed by atoms with van der Waals surface area (Å²) in [5.74, 6) is 0. The van der Waals surface area contributed by atoms with Crippen molar-refractivity contribution >= 4 is 52.3 Å². The molecule has 0 amide bonds. The van der Waals surface area contributed by atoms with Crippen LogP contribution in [0.5, 0.6) is 0 Å². The quantitative estimate of drug-likeness (QED) is 0.296. The number of rotatable bonds is 2. The molecule has 0 heterocycles. The van der Waals surface area contributed by atoms with Crippen molar-refractivity contribution < 1.29 is 20.3 Å². The van der Waals surface area contributed by atoms with Crippen molar-refractivity contribution in [2.75, 3.05) is 0 Å². The third kappa shape index (κ3) is 9.90. The molecule has 0 rings (SSSR count). The molecule has 0 aliphatic rings. The first-order valence-corrected chi connectivity index (χ1v) is 6.47. The zero-order chi connectivity index (χ0) is 12.2. The van der Waals surface area contributed by atoms with Crippen LogP contribution in [0.1, 0.15) is 27.7 Å². The van der Waals surface area contributed by atoms with E-state index in [1.54, 1.807) is 27.7 Å². The molecule has 0 aromatic rings. The van der Waals surface area contributed by atoms with Gasteiger partial charge in [0, 0.05) is 0 Å². The van der Waals surface area contributed by atoms with Gasteiger partial charge in [-0.25, -0.2) is 0 Å². The van der Waals surface area contributed by atoms with E-state index in [4.69, 9.17) is 20.3 Å². The monoisotopic (exact) mass is 430 g/mol. The van der Waals surface area contributed by atoms with E-state index >= 15 is 0 Å². The normalized spacial score (nSPS) is 12.2. The standard InChI is InChI=1S/C6H14O2.CH3BI2O2/c1-5(2,7)6(3,4)8;3-1(4)2(5)6/h7-8H,1-4H3;1,5-6H. The van der Waals surface area contributed by atoms with Crippen LogP contribution >= 0.6 is 45.2 Å². The van der Waals surface area contributed by atoms with Crippen LogP contribution in [0.15, 0.2) is 0 Å². The number of alkyl halides is 2. The maximum absolute atomic E-state index is 9.10. The van der Waals surface area contributed by atoms with Crippen molar-refractivity contribution in [3.63, 3.8) is 0 Å². The lowest BCUT2D eigenvalue weighted by molar-refractivity contribution is -0.107. The summed E-state index contributed by atoms with van der Waals surface area (Å²) in [5.41, 5.74) is -2.01. The van der Waals surface area contributed by atoms with Gasteiger partial charge in [0.1, 0.15) is 0 Å². The Morgan fingerprint density at radius 3 is 1.07 bits per heavy atom. The highest BCUT2D eigenvalue weighted by atomic mass is 127. The van der Waals surface area contributed by atoms with E-state index in [2.05, 4.69) is 0 Å². The Kier molecular flexibility index (Phi) is 8.68. The molecule has 4 N–H and O–H groups in total. The van der Waals surface area contributed by atoms with Gasteiger partial charge in [0.05, 0.1) is 13.0 Å². The minimum Gasteiger partial charge on any atom is -0.426 e. The molecule has 0 saturated heterocycles.